The average molecular weight is 571 g/mol. The zero-order chi connectivity index (χ0) is 4.71. The summed E-state index contributed by atoms with van der Waals surface area (Å²) in [7, 11) is 0. The molecule has 7 heavy (non-hydrogen) atoms. The molecule has 0 aromatic carbocycles. The number of halogens is 2. The SMILES string of the molecule is BrOBr.[BiH3].[Co].[O]=[Ag]. The number of hydrogen-bond acceptors (Lipinski definition) is 2. The van der Waals surface area contributed by atoms with E-state index in [9.17, 15) is 0 Å². The van der Waals surface area contributed by atoms with Gasteiger partial charge in [-0.1, -0.05) is 0 Å². The van der Waals surface area contributed by atoms with Crippen molar-refractivity contribution in [1.82, 2.24) is 0 Å². The molecule has 1 radical (unpaired) electrons. The summed E-state index contributed by atoms with van der Waals surface area (Å²) in [5.41, 5.74) is 0. The fourth-order valence-electron chi connectivity index (χ4n) is 0. The van der Waals surface area contributed by atoms with Gasteiger partial charge in [-0.05, 0) is 0 Å². The first kappa shape index (κ1) is 22.5. The van der Waals surface area contributed by atoms with E-state index in [1.54, 1.807) is 21.0 Å². The van der Waals surface area contributed by atoms with Gasteiger partial charge in [-0.2, -0.15) is 0 Å². The Balaban J connectivity index is -0.0000000105. The summed E-state index contributed by atoms with van der Waals surface area (Å²) in [6, 6.07) is 0. The van der Waals surface area contributed by atoms with E-state index < -0.39 is 0 Å². The molecule has 0 unspecified atom stereocenters. The third kappa shape index (κ3) is 51.1. The molecule has 0 aromatic rings. The van der Waals surface area contributed by atoms with Gasteiger partial charge in [0.2, 0.25) is 0 Å². The summed E-state index contributed by atoms with van der Waals surface area (Å²) in [6.07, 6.45) is 0. The van der Waals surface area contributed by atoms with Gasteiger partial charge in [0.15, 0.2) is 0 Å². The van der Waals surface area contributed by atoms with Crippen molar-refractivity contribution in [3.63, 3.8) is 0 Å². The zero-order valence-electron chi connectivity index (χ0n) is 2.91. The van der Waals surface area contributed by atoms with Crippen LogP contribution in [0.4, 0.5) is 0 Å². The van der Waals surface area contributed by atoms with Crippen molar-refractivity contribution in [1.29, 1.82) is 0 Å². The Kier molecular flexibility index (Phi) is 118. The van der Waals surface area contributed by atoms with Crippen LogP contribution in [0.15, 0.2) is 0 Å². The minimum atomic E-state index is 0. The monoisotopic (exact) mass is 568 g/mol. The van der Waals surface area contributed by atoms with E-state index in [0.717, 1.165) is 0 Å². The third-order valence-electron chi connectivity index (χ3n) is 0. The van der Waals surface area contributed by atoms with Gasteiger partial charge in [0.1, 0.15) is 32.5 Å². The van der Waals surface area contributed by atoms with Gasteiger partial charge in [0.25, 0.3) is 0 Å². The topological polar surface area (TPSA) is 26.3 Å². The first-order chi connectivity index (χ1) is 2.41. The van der Waals surface area contributed by atoms with Crippen LogP contribution >= 0.6 is 32.5 Å². The van der Waals surface area contributed by atoms with Crippen LogP contribution in [-0.2, 0) is 44.0 Å². The van der Waals surface area contributed by atoms with Gasteiger partial charge in [-0.25, -0.2) is 2.92 Å². The van der Waals surface area contributed by atoms with Gasteiger partial charge in [0, 0.05) is 16.8 Å². The van der Waals surface area contributed by atoms with Crippen molar-refractivity contribution in [3.05, 3.63) is 0 Å². The Hall–Kier alpha value is 2.85. The van der Waals surface area contributed by atoms with Crippen LogP contribution in [0.3, 0.4) is 0 Å². The van der Waals surface area contributed by atoms with Gasteiger partial charge in [-0.15, -0.1) is 0 Å². The van der Waals surface area contributed by atoms with Gasteiger partial charge >= 0.3 is 50.5 Å². The predicted molar refractivity (Wildman–Crippen MR) is 29.6 cm³/mol. The van der Waals surface area contributed by atoms with Crippen LogP contribution in [0.5, 0.6) is 0 Å². The van der Waals surface area contributed by atoms with Crippen molar-refractivity contribution in [2.24, 2.45) is 0 Å². The molecule has 0 aliphatic heterocycles. The maximum atomic E-state index is 8.06. The molecular weight excluding hydrogens is 568 g/mol. The van der Waals surface area contributed by atoms with Crippen LogP contribution in [0.1, 0.15) is 0 Å². The molecule has 0 saturated heterocycles. The Bertz CT molecular complexity index is 19.7. The summed E-state index contributed by atoms with van der Waals surface area (Å²) in [5.74, 6) is 0. The molecular formula is H3AgBiBr2CoO2. The van der Waals surface area contributed by atoms with E-state index in [0.29, 0.717) is 0 Å². The molecule has 0 saturated carbocycles. The summed E-state index contributed by atoms with van der Waals surface area (Å²) < 4.78 is 11.9. The second-order valence-electron chi connectivity index (χ2n) is 0.0583. The standard InChI is InChI=1S/Ag.Bi.Br2O.Co.O.3H/c;;1-3-2;;;;;. The van der Waals surface area contributed by atoms with Crippen LogP contribution in [0, 0.1) is 0 Å². The molecule has 54 valence electrons. The quantitative estimate of drug-likeness (QED) is 0.393. The first-order valence-electron chi connectivity index (χ1n) is 0.432. The minimum absolute atomic E-state index is 0. The van der Waals surface area contributed by atoms with Crippen LogP contribution < -0.4 is 0 Å². The number of hydrogen-bond donors (Lipinski definition) is 0. The Morgan fingerprint density at radius 1 is 1.29 bits per heavy atom. The van der Waals surface area contributed by atoms with E-state index in [4.69, 9.17) is 3.25 Å². The average Bonchev–Trinajstić information content (AvgIpc) is 1.46. The summed E-state index contributed by atoms with van der Waals surface area (Å²) >= 11 is 6.82. The molecule has 0 aliphatic carbocycles. The molecule has 0 rings (SSSR count). The van der Waals surface area contributed by atoms with Crippen molar-refractivity contribution in [2.75, 3.05) is 0 Å². The molecule has 2 nitrogen and oxygen atoms in total. The molecule has 0 amide bonds. The van der Waals surface area contributed by atoms with Crippen molar-refractivity contribution >= 4 is 58.7 Å². The normalized spacial score (nSPS) is 3.43. The van der Waals surface area contributed by atoms with Crippen molar-refractivity contribution in [2.45, 2.75) is 0 Å². The second kappa shape index (κ2) is 36.8. The molecule has 0 heterocycles. The van der Waals surface area contributed by atoms with Crippen LogP contribution in [-0.4, -0.2) is 26.2 Å². The maximum absolute atomic E-state index is 8.06. The zero-order valence-corrected chi connectivity index (χ0v) is 14.1. The van der Waals surface area contributed by atoms with Gasteiger partial charge < -0.3 is 0 Å². The Labute approximate surface area is 101 Å². The Morgan fingerprint density at radius 2 is 1.29 bits per heavy atom. The van der Waals surface area contributed by atoms with Crippen LogP contribution in [0.25, 0.3) is 0 Å². The third-order valence-corrected chi connectivity index (χ3v) is 0. The fourth-order valence-corrected chi connectivity index (χ4v) is 0. The van der Waals surface area contributed by atoms with E-state index >= 15 is 0 Å². The fraction of sp³-hybridized carbons (Fsp3) is 0. The predicted octanol–water partition coefficient (Wildman–Crippen LogP) is 0.315. The molecule has 0 aliphatic rings. The van der Waals surface area contributed by atoms with E-state index in [1.807, 2.05) is 0 Å². The summed E-state index contributed by atoms with van der Waals surface area (Å²) in [4.78, 5) is 0. The molecule has 0 bridgehead atoms. The van der Waals surface area contributed by atoms with E-state index in [1.165, 1.54) is 0 Å². The molecule has 0 atom stereocenters. The molecule has 0 N–H and O–H groups in total. The van der Waals surface area contributed by atoms with E-state index in [2.05, 4.69) is 35.4 Å². The summed E-state index contributed by atoms with van der Waals surface area (Å²) in [5, 5.41) is 0. The van der Waals surface area contributed by atoms with Crippen LogP contribution in [0.2, 0.25) is 0 Å². The van der Waals surface area contributed by atoms with Crippen molar-refractivity contribution < 1.29 is 44.0 Å². The van der Waals surface area contributed by atoms with Crippen molar-refractivity contribution in [3.8, 4) is 0 Å². The van der Waals surface area contributed by atoms with Gasteiger partial charge in [-0.3, -0.25) is 0 Å². The molecule has 0 spiro atoms. The summed E-state index contributed by atoms with van der Waals surface area (Å²) in [6.45, 7) is 0. The van der Waals surface area contributed by atoms with Gasteiger partial charge in [0.05, 0.1) is 0 Å². The molecule has 0 fully saturated rings. The molecule has 7 heteroatoms. The molecule has 0 aromatic heterocycles. The second-order valence-corrected chi connectivity index (χ2v) is 1.57. The first-order valence-corrected chi connectivity index (χ1v) is 2.33. The Morgan fingerprint density at radius 3 is 1.29 bits per heavy atom. The van der Waals surface area contributed by atoms with E-state index in [-0.39, 0.29) is 43.0 Å². The number of rotatable bonds is 0.